The lowest BCUT2D eigenvalue weighted by atomic mass is 10.1. The van der Waals surface area contributed by atoms with Crippen molar-refractivity contribution in [3.05, 3.63) is 29.8 Å². The molecule has 0 heterocycles. The molecular weight excluding hydrogens is 457 g/mol. The maximum absolute atomic E-state index is 10.4. The fourth-order valence-electron chi connectivity index (χ4n) is 2.35. The quantitative estimate of drug-likeness (QED) is 0.180. The Bertz CT molecular complexity index is 510. The zero-order valence-electron chi connectivity index (χ0n) is 17.0. The first kappa shape index (κ1) is 25.9. The lowest BCUT2D eigenvalue weighted by Crippen LogP contribution is -2.38. The van der Waals surface area contributed by atoms with E-state index in [1.54, 1.807) is 0 Å². The number of hydrogen-bond donors (Lipinski definition) is 3. The molecule has 0 fully saturated rings. The Balaban J connectivity index is 0.00000676. The van der Waals surface area contributed by atoms with Crippen LogP contribution in [0.5, 0.6) is 5.75 Å². The molecule has 0 saturated carbocycles. The number of nitrogens with one attached hydrogen (secondary N) is 2. The third-order valence-electron chi connectivity index (χ3n) is 3.62. The van der Waals surface area contributed by atoms with Crippen molar-refractivity contribution < 1.29 is 14.6 Å². The van der Waals surface area contributed by atoms with Crippen LogP contribution >= 0.6 is 24.0 Å². The van der Waals surface area contributed by atoms with E-state index in [4.69, 9.17) is 9.47 Å². The highest BCUT2D eigenvalue weighted by Crippen LogP contribution is 2.19. The van der Waals surface area contributed by atoms with Crippen molar-refractivity contribution >= 4 is 29.9 Å². The van der Waals surface area contributed by atoms with Crippen molar-refractivity contribution in [2.45, 2.75) is 52.7 Å². The molecule has 1 atom stereocenters. The first-order valence-electron chi connectivity index (χ1n) is 9.61. The van der Waals surface area contributed by atoms with Crippen LogP contribution < -0.4 is 15.4 Å². The summed E-state index contributed by atoms with van der Waals surface area (Å²) in [6.07, 6.45) is 1.53. The molecule has 1 unspecified atom stereocenters. The Kier molecular flexibility index (Phi) is 15.3. The summed E-state index contributed by atoms with van der Waals surface area (Å²) in [5.74, 6) is 1.53. The van der Waals surface area contributed by atoms with Crippen molar-refractivity contribution in [1.82, 2.24) is 10.6 Å². The molecule has 0 saturated heterocycles. The summed E-state index contributed by atoms with van der Waals surface area (Å²) in [5, 5.41) is 16.8. The van der Waals surface area contributed by atoms with Gasteiger partial charge in [0.15, 0.2) is 5.96 Å². The number of aliphatic hydroxyl groups is 1. The number of halogens is 1. The maximum Gasteiger partial charge on any atom is 0.191 e. The number of nitrogens with zero attached hydrogens (tertiary/aromatic N) is 1. The van der Waals surface area contributed by atoms with Crippen molar-refractivity contribution in [3.63, 3.8) is 0 Å². The fourth-order valence-corrected chi connectivity index (χ4v) is 2.35. The molecule has 156 valence electrons. The van der Waals surface area contributed by atoms with Gasteiger partial charge in [0.25, 0.3) is 0 Å². The Morgan fingerprint density at radius 3 is 2.41 bits per heavy atom. The van der Waals surface area contributed by atoms with Gasteiger partial charge in [-0.2, -0.15) is 0 Å². The SMILES string of the molecule is CCNC(=NCC(O)c1ccc(OC(C)C)cc1)NCCCCOCC.I. The predicted octanol–water partition coefficient (Wildman–Crippen LogP) is 3.50. The number of unbranched alkanes of at least 4 members (excludes halogenated alkanes) is 1. The fraction of sp³-hybridized carbons (Fsp3) is 0.650. The highest BCUT2D eigenvalue weighted by Gasteiger charge is 2.08. The van der Waals surface area contributed by atoms with Gasteiger partial charge in [-0.3, -0.25) is 4.99 Å². The third-order valence-corrected chi connectivity index (χ3v) is 3.62. The van der Waals surface area contributed by atoms with E-state index in [1.807, 2.05) is 52.0 Å². The maximum atomic E-state index is 10.4. The van der Waals surface area contributed by atoms with Crippen molar-refractivity contribution in [2.75, 3.05) is 32.8 Å². The van der Waals surface area contributed by atoms with Gasteiger partial charge in [0.05, 0.1) is 18.8 Å². The molecule has 0 aliphatic carbocycles. The van der Waals surface area contributed by atoms with Gasteiger partial charge in [0.1, 0.15) is 5.75 Å². The van der Waals surface area contributed by atoms with Crippen LogP contribution in [0, 0.1) is 0 Å². The van der Waals surface area contributed by atoms with Crippen LogP contribution in [0.1, 0.15) is 52.2 Å². The molecule has 3 N–H and O–H groups in total. The Hall–Kier alpha value is -1.06. The number of ether oxygens (including phenoxy) is 2. The number of hydrogen-bond acceptors (Lipinski definition) is 4. The van der Waals surface area contributed by atoms with E-state index in [9.17, 15) is 5.11 Å². The van der Waals surface area contributed by atoms with Gasteiger partial charge in [-0.1, -0.05) is 12.1 Å². The zero-order valence-corrected chi connectivity index (χ0v) is 19.4. The van der Waals surface area contributed by atoms with Gasteiger partial charge in [-0.05, 0) is 58.2 Å². The molecule has 1 aromatic rings. The van der Waals surface area contributed by atoms with E-state index in [2.05, 4.69) is 15.6 Å². The number of guanidine groups is 1. The topological polar surface area (TPSA) is 75.1 Å². The summed E-state index contributed by atoms with van der Waals surface area (Å²) in [6.45, 7) is 11.5. The summed E-state index contributed by atoms with van der Waals surface area (Å²) < 4.78 is 11.0. The Morgan fingerprint density at radius 2 is 1.81 bits per heavy atom. The molecule has 1 rings (SSSR count). The first-order valence-corrected chi connectivity index (χ1v) is 9.61. The second-order valence-electron chi connectivity index (χ2n) is 6.30. The molecule has 0 spiro atoms. The lowest BCUT2D eigenvalue weighted by molar-refractivity contribution is 0.143. The summed E-state index contributed by atoms with van der Waals surface area (Å²) in [4.78, 5) is 4.48. The van der Waals surface area contributed by atoms with Crippen LogP contribution in [0.4, 0.5) is 0 Å². The van der Waals surface area contributed by atoms with Gasteiger partial charge < -0.3 is 25.2 Å². The smallest absolute Gasteiger partial charge is 0.191 e. The summed E-state index contributed by atoms with van der Waals surface area (Å²) in [7, 11) is 0. The van der Waals surface area contributed by atoms with E-state index in [0.29, 0.717) is 6.54 Å². The number of aliphatic hydroxyl groups excluding tert-OH is 1. The van der Waals surface area contributed by atoms with E-state index in [1.165, 1.54) is 0 Å². The largest absolute Gasteiger partial charge is 0.491 e. The molecule has 0 radical (unpaired) electrons. The molecule has 0 aliphatic heterocycles. The van der Waals surface area contributed by atoms with Crippen LogP contribution in [-0.4, -0.2) is 50.0 Å². The normalized spacial score (nSPS) is 12.4. The summed E-state index contributed by atoms with van der Waals surface area (Å²) in [5.41, 5.74) is 0.831. The predicted molar refractivity (Wildman–Crippen MR) is 122 cm³/mol. The van der Waals surface area contributed by atoms with E-state index in [0.717, 1.165) is 56.4 Å². The molecule has 0 amide bonds. The van der Waals surface area contributed by atoms with Crippen LogP contribution in [0.15, 0.2) is 29.3 Å². The molecule has 6 nitrogen and oxygen atoms in total. The average molecular weight is 493 g/mol. The molecule has 0 bridgehead atoms. The number of rotatable bonds is 12. The monoisotopic (exact) mass is 493 g/mol. The van der Waals surface area contributed by atoms with Crippen LogP contribution in [0.25, 0.3) is 0 Å². The molecule has 27 heavy (non-hydrogen) atoms. The second-order valence-corrected chi connectivity index (χ2v) is 6.30. The van der Waals surface area contributed by atoms with Gasteiger partial charge in [0.2, 0.25) is 0 Å². The molecule has 0 aromatic heterocycles. The molecule has 0 aliphatic rings. The standard InChI is InChI=1S/C20H35N3O3.HI/c1-5-21-20(22-13-7-8-14-25-6-2)23-15-19(24)17-9-11-18(12-10-17)26-16(3)4;/h9-12,16,19,24H,5-8,13-15H2,1-4H3,(H2,21,22,23);1H. The van der Waals surface area contributed by atoms with Crippen molar-refractivity contribution in [2.24, 2.45) is 4.99 Å². The number of benzene rings is 1. The first-order chi connectivity index (χ1) is 12.6. The minimum atomic E-state index is -0.642. The minimum Gasteiger partial charge on any atom is -0.491 e. The van der Waals surface area contributed by atoms with Gasteiger partial charge >= 0.3 is 0 Å². The van der Waals surface area contributed by atoms with Crippen molar-refractivity contribution in [3.8, 4) is 5.75 Å². The summed E-state index contributed by atoms with van der Waals surface area (Å²) >= 11 is 0. The second kappa shape index (κ2) is 15.9. The summed E-state index contributed by atoms with van der Waals surface area (Å²) in [6, 6.07) is 7.52. The van der Waals surface area contributed by atoms with Crippen LogP contribution in [0.3, 0.4) is 0 Å². The van der Waals surface area contributed by atoms with Crippen molar-refractivity contribution in [1.29, 1.82) is 0 Å². The molecule has 1 aromatic carbocycles. The van der Waals surface area contributed by atoms with E-state index >= 15 is 0 Å². The van der Waals surface area contributed by atoms with Gasteiger partial charge in [-0.15, -0.1) is 24.0 Å². The Morgan fingerprint density at radius 1 is 1.11 bits per heavy atom. The molecule has 7 heteroatoms. The zero-order chi connectivity index (χ0) is 19.2. The van der Waals surface area contributed by atoms with E-state index in [-0.39, 0.29) is 30.1 Å². The highest BCUT2D eigenvalue weighted by molar-refractivity contribution is 14.0. The van der Waals surface area contributed by atoms with Gasteiger partial charge in [0, 0.05) is 26.3 Å². The third kappa shape index (κ3) is 12.1. The van der Waals surface area contributed by atoms with Crippen LogP contribution in [-0.2, 0) is 4.74 Å². The lowest BCUT2D eigenvalue weighted by Gasteiger charge is -2.14. The minimum absolute atomic E-state index is 0. The van der Waals surface area contributed by atoms with Crippen LogP contribution in [0.2, 0.25) is 0 Å². The van der Waals surface area contributed by atoms with Gasteiger partial charge in [-0.25, -0.2) is 0 Å². The number of aliphatic imine (C=N–C) groups is 1. The average Bonchev–Trinajstić information content (AvgIpc) is 2.62. The molecular formula is C20H36IN3O3. The van der Waals surface area contributed by atoms with E-state index < -0.39 is 6.10 Å². The Labute approximate surface area is 181 Å². The highest BCUT2D eigenvalue weighted by atomic mass is 127.